The molecule has 0 aliphatic carbocycles. The van der Waals surface area contributed by atoms with Gasteiger partial charge in [0.1, 0.15) is 5.75 Å². The van der Waals surface area contributed by atoms with Crippen LogP contribution in [0.15, 0.2) is 47.4 Å². The van der Waals surface area contributed by atoms with Gasteiger partial charge in [0.25, 0.3) is 5.56 Å². The number of aryl methyl sites for hydroxylation is 1. The van der Waals surface area contributed by atoms with Gasteiger partial charge in [-0.25, -0.2) is 0 Å². The first-order valence-electron chi connectivity index (χ1n) is 11.9. The number of nitrogens with zero attached hydrogens (tertiary/aromatic N) is 3. The Hall–Kier alpha value is -2.70. The van der Waals surface area contributed by atoms with Crippen LogP contribution in [0.1, 0.15) is 42.0 Å². The first kappa shape index (κ1) is 19.9. The van der Waals surface area contributed by atoms with Gasteiger partial charge < -0.3 is 19.5 Å². The minimum absolute atomic E-state index is 0.123. The summed E-state index contributed by atoms with van der Waals surface area (Å²) in [6.45, 7) is 5.66. The van der Waals surface area contributed by atoms with E-state index in [-0.39, 0.29) is 5.56 Å². The molecule has 0 spiro atoms. The van der Waals surface area contributed by atoms with E-state index in [2.05, 4.69) is 39.5 Å². The molecule has 32 heavy (non-hydrogen) atoms. The van der Waals surface area contributed by atoms with E-state index in [0.29, 0.717) is 12.0 Å². The van der Waals surface area contributed by atoms with Crippen LogP contribution >= 0.6 is 0 Å². The third-order valence-corrected chi connectivity index (χ3v) is 7.37. The molecule has 1 atom stereocenters. The highest BCUT2D eigenvalue weighted by Crippen LogP contribution is 2.33. The summed E-state index contributed by atoms with van der Waals surface area (Å²) in [5.41, 5.74) is 5.01. The van der Waals surface area contributed by atoms with Crippen molar-refractivity contribution in [1.82, 2.24) is 19.8 Å². The highest BCUT2D eigenvalue weighted by Gasteiger charge is 2.28. The van der Waals surface area contributed by atoms with Gasteiger partial charge in [-0.05, 0) is 67.4 Å². The molecule has 0 amide bonds. The Kier molecular flexibility index (Phi) is 5.20. The molecule has 6 heteroatoms. The molecule has 0 bridgehead atoms. The predicted octanol–water partition coefficient (Wildman–Crippen LogP) is 3.07. The summed E-state index contributed by atoms with van der Waals surface area (Å²) < 4.78 is 7.65. The number of piperidine rings is 1. The maximum absolute atomic E-state index is 12.4. The van der Waals surface area contributed by atoms with Crippen LogP contribution < -0.4 is 15.6 Å². The molecule has 2 aromatic heterocycles. The van der Waals surface area contributed by atoms with E-state index >= 15 is 0 Å². The van der Waals surface area contributed by atoms with E-state index in [0.717, 1.165) is 82.0 Å². The van der Waals surface area contributed by atoms with Crippen LogP contribution in [0.5, 0.6) is 5.75 Å². The van der Waals surface area contributed by atoms with Crippen molar-refractivity contribution < 1.29 is 4.74 Å². The van der Waals surface area contributed by atoms with Gasteiger partial charge in [-0.3, -0.25) is 9.78 Å². The standard InChI is InChI=1S/C26H30N4O2/c31-25-7-6-18-3-1-5-23-20(17-30(25)26(18)23)16-29-10-8-21(9-11-29)27-14-22-13-19-4-2-12-32-24(19)15-28-22/h1,3,5-7,13,15,20-21,27H,2,4,8-12,14,16-17H2. The molecule has 6 nitrogen and oxygen atoms in total. The second kappa shape index (κ2) is 8.34. The Bertz CT molecular complexity index is 1200. The molecular weight excluding hydrogens is 400 g/mol. The third-order valence-electron chi connectivity index (χ3n) is 7.37. The van der Waals surface area contributed by atoms with Crippen molar-refractivity contribution in [2.45, 2.75) is 50.7 Å². The maximum Gasteiger partial charge on any atom is 0.251 e. The van der Waals surface area contributed by atoms with Crippen molar-refractivity contribution >= 4 is 10.9 Å². The summed E-state index contributed by atoms with van der Waals surface area (Å²) >= 11 is 0. The van der Waals surface area contributed by atoms with Gasteiger partial charge in [-0.1, -0.05) is 18.2 Å². The van der Waals surface area contributed by atoms with Crippen molar-refractivity contribution in [1.29, 1.82) is 0 Å². The van der Waals surface area contributed by atoms with Gasteiger partial charge in [-0.15, -0.1) is 0 Å². The number of ether oxygens (including phenoxy) is 1. The summed E-state index contributed by atoms with van der Waals surface area (Å²) in [7, 11) is 0. The number of pyridine rings is 2. The zero-order chi connectivity index (χ0) is 21.5. The fourth-order valence-electron chi connectivity index (χ4n) is 5.65. The summed E-state index contributed by atoms with van der Waals surface area (Å²) in [5, 5.41) is 4.90. The molecule has 5 heterocycles. The van der Waals surface area contributed by atoms with Crippen molar-refractivity contribution in [3.05, 3.63) is 69.8 Å². The molecule has 3 aliphatic heterocycles. The Labute approximate surface area is 188 Å². The lowest BCUT2D eigenvalue weighted by Crippen LogP contribution is -2.43. The third kappa shape index (κ3) is 3.71. The van der Waals surface area contributed by atoms with Crippen LogP contribution in [0.4, 0.5) is 0 Å². The quantitative estimate of drug-likeness (QED) is 0.674. The van der Waals surface area contributed by atoms with Crippen LogP contribution in [0, 0.1) is 0 Å². The largest absolute Gasteiger partial charge is 0.492 e. The number of likely N-dealkylation sites (tertiary alicyclic amines) is 1. The predicted molar refractivity (Wildman–Crippen MR) is 125 cm³/mol. The fraction of sp³-hybridized carbons (Fsp3) is 0.462. The minimum atomic E-state index is 0.123. The summed E-state index contributed by atoms with van der Waals surface area (Å²) in [4.78, 5) is 19.5. The van der Waals surface area contributed by atoms with Gasteiger partial charge in [0.15, 0.2) is 0 Å². The number of nitrogens with one attached hydrogen (secondary N) is 1. The second-order valence-corrected chi connectivity index (χ2v) is 9.46. The topological polar surface area (TPSA) is 59.4 Å². The summed E-state index contributed by atoms with van der Waals surface area (Å²) in [6, 6.07) is 12.8. The maximum atomic E-state index is 12.4. The Balaban J connectivity index is 1.04. The van der Waals surface area contributed by atoms with E-state index in [1.165, 1.54) is 16.5 Å². The first-order chi connectivity index (χ1) is 15.7. The first-order valence-corrected chi connectivity index (χ1v) is 11.9. The van der Waals surface area contributed by atoms with Crippen LogP contribution in [0.25, 0.3) is 10.9 Å². The lowest BCUT2D eigenvalue weighted by Gasteiger charge is -2.34. The van der Waals surface area contributed by atoms with Crippen molar-refractivity contribution in [3.8, 4) is 5.75 Å². The van der Waals surface area contributed by atoms with E-state index in [4.69, 9.17) is 4.74 Å². The molecular formula is C26H30N4O2. The molecule has 1 saturated heterocycles. The minimum Gasteiger partial charge on any atom is -0.492 e. The number of rotatable bonds is 5. The van der Waals surface area contributed by atoms with Crippen molar-refractivity contribution in [2.24, 2.45) is 0 Å². The van der Waals surface area contributed by atoms with E-state index in [1.807, 2.05) is 16.8 Å². The SMILES string of the molecule is O=c1ccc2cccc3c2n1CC3CN1CCC(NCc2cc3c(cn2)OCCC3)CC1. The van der Waals surface area contributed by atoms with Crippen molar-refractivity contribution in [3.63, 3.8) is 0 Å². The van der Waals surface area contributed by atoms with Crippen molar-refractivity contribution in [2.75, 3.05) is 26.2 Å². The molecule has 3 aromatic rings. The zero-order valence-electron chi connectivity index (χ0n) is 18.4. The van der Waals surface area contributed by atoms with Gasteiger partial charge in [0.2, 0.25) is 0 Å². The number of benzene rings is 1. The highest BCUT2D eigenvalue weighted by atomic mass is 16.5. The molecule has 1 fully saturated rings. The van der Waals surface area contributed by atoms with Crippen LogP contribution in [-0.4, -0.2) is 46.7 Å². The molecule has 1 unspecified atom stereocenters. The monoisotopic (exact) mass is 430 g/mol. The molecule has 0 radical (unpaired) electrons. The fourth-order valence-corrected chi connectivity index (χ4v) is 5.65. The number of hydrogen-bond acceptors (Lipinski definition) is 5. The average molecular weight is 431 g/mol. The molecule has 0 saturated carbocycles. The lowest BCUT2D eigenvalue weighted by molar-refractivity contribution is 0.184. The Morgan fingerprint density at radius 3 is 2.97 bits per heavy atom. The molecule has 166 valence electrons. The zero-order valence-corrected chi connectivity index (χ0v) is 18.4. The molecule has 1 N–H and O–H groups in total. The van der Waals surface area contributed by atoms with Crippen LogP contribution in [0.3, 0.4) is 0 Å². The van der Waals surface area contributed by atoms with E-state index in [1.54, 1.807) is 6.07 Å². The molecule has 6 rings (SSSR count). The lowest BCUT2D eigenvalue weighted by atomic mass is 9.97. The van der Waals surface area contributed by atoms with Crippen LogP contribution in [0.2, 0.25) is 0 Å². The number of fused-ring (bicyclic) bond motifs is 1. The van der Waals surface area contributed by atoms with E-state index < -0.39 is 0 Å². The van der Waals surface area contributed by atoms with E-state index in [9.17, 15) is 4.79 Å². The Morgan fingerprint density at radius 1 is 1.16 bits per heavy atom. The number of para-hydroxylation sites is 1. The molecule has 1 aromatic carbocycles. The van der Waals surface area contributed by atoms with Gasteiger partial charge in [0.05, 0.1) is 24.0 Å². The molecule has 3 aliphatic rings. The average Bonchev–Trinajstić information content (AvgIpc) is 3.21. The van der Waals surface area contributed by atoms with Crippen LogP contribution in [-0.2, 0) is 19.5 Å². The Morgan fingerprint density at radius 2 is 2.06 bits per heavy atom. The van der Waals surface area contributed by atoms with Gasteiger partial charge in [0, 0.05) is 37.7 Å². The number of aromatic nitrogens is 2. The normalized spacial score (nSPS) is 20.9. The number of hydrogen-bond donors (Lipinski definition) is 1. The summed E-state index contributed by atoms with van der Waals surface area (Å²) in [6.07, 6.45) is 6.38. The summed E-state index contributed by atoms with van der Waals surface area (Å²) in [5.74, 6) is 1.36. The smallest absolute Gasteiger partial charge is 0.251 e. The van der Waals surface area contributed by atoms with Gasteiger partial charge in [-0.2, -0.15) is 0 Å². The highest BCUT2D eigenvalue weighted by molar-refractivity contribution is 5.84. The second-order valence-electron chi connectivity index (χ2n) is 9.46. The van der Waals surface area contributed by atoms with Gasteiger partial charge >= 0.3 is 0 Å².